The van der Waals surface area contributed by atoms with Crippen LogP contribution >= 0.6 is 23.5 Å². The van der Waals surface area contributed by atoms with Crippen LogP contribution < -0.4 is 0 Å². The lowest BCUT2D eigenvalue weighted by molar-refractivity contribution is -0.109. The Morgan fingerprint density at radius 1 is 1.00 bits per heavy atom. The molecule has 1 fully saturated rings. The average Bonchev–Trinajstić information content (AvgIpc) is 2.79. The van der Waals surface area contributed by atoms with Crippen molar-refractivity contribution in [3.05, 3.63) is 54.6 Å². The van der Waals surface area contributed by atoms with Gasteiger partial charge in [0.25, 0.3) is 0 Å². The van der Waals surface area contributed by atoms with E-state index >= 15 is 0 Å². The summed E-state index contributed by atoms with van der Waals surface area (Å²) in [5.41, 5.74) is 0. The molecule has 0 amide bonds. The normalized spacial score (nSPS) is 16.2. The molecule has 0 saturated carbocycles. The fraction of sp³-hybridized carbons (Fsp3) is 0.458. The molecule has 1 heterocycles. The van der Waals surface area contributed by atoms with Crippen molar-refractivity contribution < 1.29 is 13.2 Å². The van der Waals surface area contributed by atoms with Gasteiger partial charge in [-0.05, 0) is 69.3 Å². The maximum Gasteiger partial charge on any atom is 0.243 e. The molecule has 8 heteroatoms. The molecule has 0 spiro atoms. The molecule has 5 nitrogen and oxygen atoms in total. The monoisotopic (exact) mass is 492 g/mol. The molecule has 0 unspecified atom stereocenters. The SMILES string of the molecule is CC(=O)SC[C@@H](C)N(CCN1CCCCC1)S(=O)(=O)c1ccc(Sc2ccccc2)cc1. The molecular formula is C24H32N2O3S3. The summed E-state index contributed by atoms with van der Waals surface area (Å²) in [6, 6.07) is 16.9. The van der Waals surface area contributed by atoms with Gasteiger partial charge in [0.1, 0.15) is 0 Å². The number of carbonyl (C=O) groups is 1. The van der Waals surface area contributed by atoms with Crippen LogP contribution in [0.15, 0.2) is 69.3 Å². The number of hydrogen-bond donors (Lipinski definition) is 0. The van der Waals surface area contributed by atoms with Gasteiger partial charge < -0.3 is 4.90 Å². The zero-order valence-electron chi connectivity index (χ0n) is 18.8. The van der Waals surface area contributed by atoms with Crippen LogP contribution in [-0.2, 0) is 14.8 Å². The van der Waals surface area contributed by atoms with Crippen molar-refractivity contribution in [2.75, 3.05) is 31.9 Å². The van der Waals surface area contributed by atoms with E-state index in [1.165, 1.54) is 37.9 Å². The predicted molar refractivity (Wildman–Crippen MR) is 134 cm³/mol. The molecule has 0 N–H and O–H groups in total. The van der Waals surface area contributed by atoms with Crippen LogP contribution in [0.4, 0.5) is 0 Å². The summed E-state index contributed by atoms with van der Waals surface area (Å²) in [6.45, 7) is 6.61. The average molecular weight is 493 g/mol. The summed E-state index contributed by atoms with van der Waals surface area (Å²) in [4.78, 5) is 16.2. The van der Waals surface area contributed by atoms with E-state index in [2.05, 4.69) is 4.90 Å². The predicted octanol–water partition coefficient (Wildman–Crippen LogP) is 4.98. The third kappa shape index (κ3) is 7.35. The molecule has 0 aliphatic carbocycles. The quantitative estimate of drug-likeness (QED) is 0.466. The number of likely N-dealkylation sites (tertiary alicyclic amines) is 1. The maximum atomic E-state index is 13.6. The second-order valence-electron chi connectivity index (χ2n) is 8.06. The number of rotatable bonds is 10. The van der Waals surface area contributed by atoms with Crippen molar-refractivity contribution >= 4 is 38.7 Å². The van der Waals surface area contributed by atoms with Gasteiger partial charge in [-0.3, -0.25) is 4.79 Å². The molecule has 0 aromatic heterocycles. The molecule has 2 aromatic rings. The zero-order valence-corrected chi connectivity index (χ0v) is 21.2. The number of nitrogens with zero attached hydrogens (tertiary/aromatic N) is 2. The highest BCUT2D eigenvalue weighted by Crippen LogP contribution is 2.29. The van der Waals surface area contributed by atoms with Gasteiger partial charge in [0.05, 0.1) is 4.90 Å². The van der Waals surface area contributed by atoms with Crippen molar-refractivity contribution in [1.29, 1.82) is 0 Å². The minimum Gasteiger partial charge on any atom is -0.302 e. The van der Waals surface area contributed by atoms with Crippen LogP contribution in [-0.4, -0.2) is 60.7 Å². The first kappa shape index (κ1) is 25.3. The van der Waals surface area contributed by atoms with Crippen molar-refractivity contribution in [3.63, 3.8) is 0 Å². The Balaban J connectivity index is 1.75. The zero-order chi connectivity index (χ0) is 23.0. The Morgan fingerprint density at radius 2 is 1.62 bits per heavy atom. The Bertz CT molecular complexity index is 960. The van der Waals surface area contributed by atoms with E-state index in [1.54, 1.807) is 28.2 Å². The molecule has 1 saturated heterocycles. The maximum absolute atomic E-state index is 13.6. The minimum absolute atomic E-state index is 0.00696. The topological polar surface area (TPSA) is 57.7 Å². The van der Waals surface area contributed by atoms with Crippen LogP contribution in [0.3, 0.4) is 0 Å². The lowest BCUT2D eigenvalue weighted by Gasteiger charge is -2.32. The third-order valence-electron chi connectivity index (χ3n) is 5.51. The molecule has 174 valence electrons. The minimum atomic E-state index is -3.67. The highest BCUT2D eigenvalue weighted by molar-refractivity contribution is 8.13. The van der Waals surface area contributed by atoms with Gasteiger partial charge in [-0.25, -0.2) is 8.42 Å². The van der Waals surface area contributed by atoms with Gasteiger partial charge in [-0.2, -0.15) is 4.31 Å². The Morgan fingerprint density at radius 3 is 2.25 bits per heavy atom. The number of carbonyl (C=O) groups excluding carboxylic acids is 1. The van der Waals surface area contributed by atoms with Gasteiger partial charge in [-0.15, -0.1) is 0 Å². The number of thioether (sulfide) groups is 1. The summed E-state index contributed by atoms with van der Waals surface area (Å²) >= 11 is 2.79. The van der Waals surface area contributed by atoms with Gasteiger partial charge in [-0.1, -0.05) is 48.1 Å². The molecule has 0 radical (unpaired) electrons. The van der Waals surface area contributed by atoms with Crippen LogP contribution in [0, 0.1) is 0 Å². The first-order valence-electron chi connectivity index (χ1n) is 11.1. The van der Waals surface area contributed by atoms with Crippen LogP contribution in [0.5, 0.6) is 0 Å². The largest absolute Gasteiger partial charge is 0.302 e. The van der Waals surface area contributed by atoms with Crippen molar-refractivity contribution in [3.8, 4) is 0 Å². The van der Waals surface area contributed by atoms with E-state index < -0.39 is 10.0 Å². The molecule has 1 atom stereocenters. The second-order valence-corrected chi connectivity index (χ2v) is 12.3. The van der Waals surface area contributed by atoms with E-state index in [4.69, 9.17) is 0 Å². The standard InChI is InChI=1S/C24H32N2O3S3/c1-20(19-30-21(2)27)26(18-17-25-15-7-4-8-16-25)32(28,29)24-13-11-23(12-14-24)31-22-9-5-3-6-10-22/h3,5-6,9-14,20H,4,7-8,15-19H2,1-2H3/t20-/m1/s1. The van der Waals surface area contributed by atoms with E-state index in [0.29, 0.717) is 17.2 Å². The Kier molecular flexibility index (Phi) is 9.67. The lowest BCUT2D eigenvalue weighted by Crippen LogP contribution is -2.45. The number of sulfonamides is 1. The van der Waals surface area contributed by atoms with Crippen molar-refractivity contribution in [1.82, 2.24) is 9.21 Å². The first-order chi connectivity index (χ1) is 15.4. The van der Waals surface area contributed by atoms with Crippen LogP contribution in [0.25, 0.3) is 0 Å². The summed E-state index contributed by atoms with van der Waals surface area (Å²) in [5.74, 6) is 0.455. The fourth-order valence-corrected chi connectivity index (χ4v) is 6.97. The number of piperidine rings is 1. The first-order valence-corrected chi connectivity index (χ1v) is 14.3. The van der Waals surface area contributed by atoms with E-state index in [1.807, 2.05) is 49.4 Å². The Hall–Kier alpha value is -1.32. The summed E-state index contributed by atoms with van der Waals surface area (Å²) in [5, 5.41) is 0.00696. The molecule has 2 aromatic carbocycles. The molecule has 0 bridgehead atoms. The van der Waals surface area contributed by atoms with Gasteiger partial charge in [0.15, 0.2) is 5.12 Å². The van der Waals surface area contributed by atoms with Crippen LogP contribution in [0.2, 0.25) is 0 Å². The Labute approximate surface area is 201 Å². The molecule has 32 heavy (non-hydrogen) atoms. The molecule has 3 rings (SSSR count). The van der Waals surface area contributed by atoms with Gasteiger partial charge in [0, 0.05) is 41.6 Å². The van der Waals surface area contributed by atoms with Crippen molar-refractivity contribution in [2.24, 2.45) is 0 Å². The summed E-state index contributed by atoms with van der Waals surface area (Å²) in [7, 11) is -3.67. The van der Waals surface area contributed by atoms with E-state index in [9.17, 15) is 13.2 Å². The summed E-state index contributed by atoms with van der Waals surface area (Å²) < 4.78 is 28.7. The van der Waals surface area contributed by atoms with Crippen molar-refractivity contribution in [2.45, 2.75) is 53.8 Å². The summed E-state index contributed by atoms with van der Waals surface area (Å²) in [6.07, 6.45) is 3.59. The van der Waals surface area contributed by atoms with E-state index in [-0.39, 0.29) is 11.2 Å². The fourth-order valence-electron chi connectivity index (χ4n) is 3.76. The number of benzene rings is 2. The highest BCUT2D eigenvalue weighted by atomic mass is 32.2. The van der Waals surface area contributed by atoms with Gasteiger partial charge in [0.2, 0.25) is 10.0 Å². The molecule has 1 aliphatic rings. The smallest absolute Gasteiger partial charge is 0.243 e. The molecular weight excluding hydrogens is 460 g/mol. The lowest BCUT2D eigenvalue weighted by atomic mass is 10.1. The third-order valence-corrected chi connectivity index (χ3v) is 9.61. The highest BCUT2D eigenvalue weighted by Gasteiger charge is 2.30. The second kappa shape index (κ2) is 12.2. The van der Waals surface area contributed by atoms with Crippen LogP contribution in [0.1, 0.15) is 33.1 Å². The molecule has 1 aliphatic heterocycles. The van der Waals surface area contributed by atoms with Gasteiger partial charge >= 0.3 is 0 Å². The van der Waals surface area contributed by atoms with E-state index in [0.717, 1.165) is 29.4 Å². The number of hydrogen-bond acceptors (Lipinski definition) is 6.